The summed E-state index contributed by atoms with van der Waals surface area (Å²) >= 11 is 0. The molecule has 0 bridgehead atoms. The summed E-state index contributed by atoms with van der Waals surface area (Å²) < 4.78 is 12.1. The molecule has 0 saturated heterocycles. The van der Waals surface area contributed by atoms with Crippen LogP contribution in [0.5, 0.6) is 23.0 Å². The van der Waals surface area contributed by atoms with Crippen molar-refractivity contribution < 1.29 is 14.6 Å². The van der Waals surface area contributed by atoms with E-state index >= 15 is 0 Å². The normalized spacial score (nSPS) is 14.1. The summed E-state index contributed by atoms with van der Waals surface area (Å²) in [6, 6.07) is 39.2. The Balaban J connectivity index is 1.52. The number of aromatic hydroxyl groups is 1. The third-order valence-electron chi connectivity index (χ3n) is 7.39. The molecule has 0 spiro atoms. The lowest BCUT2D eigenvalue weighted by Crippen LogP contribution is -2.13. The van der Waals surface area contributed by atoms with E-state index in [1.807, 2.05) is 30.3 Å². The molecule has 0 saturated carbocycles. The van der Waals surface area contributed by atoms with Gasteiger partial charge in [-0.25, -0.2) is 0 Å². The van der Waals surface area contributed by atoms with Crippen LogP contribution in [0.3, 0.4) is 0 Å². The van der Waals surface area contributed by atoms with Crippen LogP contribution in [-0.2, 0) is 0 Å². The van der Waals surface area contributed by atoms with Crippen LogP contribution in [0.1, 0.15) is 22.6 Å². The van der Waals surface area contributed by atoms with Crippen LogP contribution in [0, 0.1) is 0 Å². The summed E-state index contributed by atoms with van der Waals surface area (Å²) in [6.07, 6.45) is 0. The SMILES string of the molecule is COc1ccc2ccc3c(c2c1)C(c1ccc(-c2ccccc2)cc1)c1c(ccc2ccc(O)cc12)O3. The highest BCUT2D eigenvalue weighted by molar-refractivity contribution is 5.96. The Morgan fingerprint density at radius 3 is 1.89 bits per heavy atom. The van der Waals surface area contributed by atoms with E-state index in [4.69, 9.17) is 9.47 Å². The van der Waals surface area contributed by atoms with Gasteiger partial charge in [0.1, 0.15) is 23.0 Å². The molecule has 178 valence electrons. The summed E-state index contributed by atoms with van der Waals surface area (Å²) in [7, 11) is 1.69. The first-order chi connectivity index (χ1) is 18.2. The van der Waals surface area contributed by atoms with Gasteiger partial charge in [0.2, 0.25) is 0 Å². The van der Waals surface area contributed by atoms with Crippen molar-refractivity contribution in [3.63, 3.8) is 0 Å². The number of hydrogen-bond donors (Lipinski definition) is 1. The fourth-order valence-electron chi connectivity index (χ4n) is 5.61. The lowest BCUT2D eigenvalue weighted by molar-refractivity contribution is 0.415. The molecule has 0 amide bonds. The van der Waals surface area contributed by atoms with Gasteiger partial charge in [-0.1, -0.05) is 78.9 Å². The van der Waals surface area contributed by atoms with E-state index in [1.165, 1.54) is 11.1 Å². The van der Waals surface area contributed by atoms with E-state index in [9.17, 15) is 5.11 Å². The number of phenolic OH excluding ortho intramolecular Hbond substituents is 1. The van der Waals surface area contributed by atoms with Crippen molar-refractivity contribution >= 4 is 21.5 Å². The minimum absolute atomic E-state index is 0.0927. The van der Waals surface area contributed by atoms with Crippen molar-refractivity contribution in [3.8, 4) is 34.1 Å². The van der Waals surface area contributed by atoms with Crippen molar-refractivity contribution in [1.29, 1.82) is 0 Å². The van der Waals surface area contributed by atoms with Crippen LogP contribution < -0.4 is 9.47 Å². The summed E-state index contributed by atoms with van der Waals surface area (Å²) in [6.45, 7) is 0. The highest BCUT2D eigenvalue weighted by Gasteiger charge is 2.32. The maximum absolute atomic E-state index is 10.4. The molecular formula is C34H24O3. The van der Waals surface area contributed by atoms with E-state index in [2.05, 4.69) is 78.9 Å². The topological polar surface area (TPSA) is 38.7 Å². The molecule has 0 aromatic heterocycles. The summed E-state index contributed by atoms with van der Waals surface area (Å²) in [5.74, 6) is 2.60. The molecule has 37 heavy (non-hydrogen) atoms. The van der Waals surface area contributed by atoms with Gasteiger partial charge in [-0.05, 0) is 74.6 Å². The molecule has 1 heterocycles. The number of fused-ring (bicyclic) bond motifs is 6. The van der Waals surface area contributed by atoms with Crippen LogP contribution in [0.15, 0.2) is 115 Å². The molecule has 1 aliphatic heterocycles. The van der Waals surface area contributed by atoms with Crippen molar-refractivity contribution in [1.82, 2.24) is 0 Å². The third kappa shape index (κ3) is 3.51. The molecule has 0 fully saturated rings. The Kier molecular flexibility index (Phi) is 4.90. The van der Waals surface area contributed by atoms with Crippen molar-refractivity contribution in [2.75, 3.05) is 7.11 Å². The monoisotopic (exact) mass is 480 g/mol. The van der Waals surface area contributed by atoms with E-state index in [-0.39, 0.29) is 11.7 Å². The number of methoxy groups -OCH3 is 1. The fourth-order valence-corrected chi connectivity index (χ4v) is 5.61. The predicted molar refractivity (Wildman–Crippen MR) is 149 cm³/mol. The van der Waals surface area contributed by atoms with E-state index in [1.54, 1.807) is 13.2 Å². The van der Waals surface area contributed by atoms with Gasteiger partial charge in [0.05, 0.1) is 7.11 Å². The summed E-state index contributed by atoms with van der Waals surface area (Å²) in [5, 5.41) is 14.7. The highest BCUT2D eigenvalue weighted by Crippen LogP contribution is 2.52. The third-order valence-corrected chi connectivity index (χ3v) is 7.39. The van der Waals surface area contributed by atoms with Gasteiger partial charge in [-0.15, -0.1) is 0 Å². The largest absolute Gasteiger partial charge is 0.508 e. The van der Waals surface area contributed by atoms with Gasteiger partial charge in [0.25, 0.3) is 0 Å². The van der Waals surface area contributed by atoms with Crippen LogP contribution in [0.4, 0.5) is 0 Å². The molecule has 1 aliphatic rings. The number of rotatable bonds is 3. The zero-order chi connectivity index (χ0) is 24.9. The van der Waals surface area contributed by atoms with Gasteiger partial charge >= 0.3 is 0 Å². The average Bonchev–Trinajstić information content (AvgIpc) is 2.96. The zero-order valence-corrected chi connectivity index (χ0v) is 20.3. The predicted octanol–water partition coefficient (Wildman–Crippen LogP) is 8.66. The second-order valence-electron chi connectivity index (χ2n) is 9.47. The molecule has 6 aromatic rings. The van der Waals surface area contributed by atoms with Crippen molar-refractivity contribution in [2.24, 2.45) is 0 Å². The molecule has 3 nitrogen and oxygen atoms in total. The molecule has 0 aliphatic carbocycles. The van der Waals surface area contributed by atoms with E-state index < -0.39 is 0 Å². The molecular weight excluding hydrogens is 456 g/mol. The standard InChI is InChI=1S/C34H24O3/c1-36-27-16-12-24-14-18-31-34(29(24)20-27)32(25-9-7-22(8-10-25)21-5-3-2-4-6-21)33-28-19-26(35)15-11-23(28)13-17-30(33)37-31/h2-20,32,35H,1H3. The van der Waals surface area contributed by atoms with Crippen molar-refractivity contribution in [3.05, 3.63) is 132 Å². The lowest BCUT2D eigenvalue weighted by atomic mass is 9.78. The second kappa shape index (κ2) is 8.42. The van der Waals surface area contributed by atoms with Crippen LogP contribution in [0.25, 0.3) is 32.7 Å². The number of ether oxygens (including phenoxy) is 2. The Morgan fingerprint density at radius 2 is 1.22 bits per heavy atom. The van der Waals surface area contributed by atoms with Crippen molar-refractivity contribution in [2.45, 2.75) is 5.92 Å². The number of benzene rings is 6. The molecule has 0 radical (unpaired) electrons. The lowest BCUT2D eigenvalue weighted by Gasteiger charge is -2.31. The minimum Gasteiger partial charge on any atom is -0.508 e. The smallest absolute Gasteiger partial charge is 0.132 e. The second-order valence-corrected chi connectivity index (χ2v) is 9.47. The van der Waals surface area contributed by atoms with E-state index in [0.717, 1.165) is 55.5 Å². The summed E-state index contributed by atoms with van der Waals surface area (Å²) in [5.41, 5.74) is 5.69. The van der Waals surface area contributed by atoms with E-state index in [0.29, 0.717) is 0 Å². The van der Waals surface area contributed by atoms with Gasteiger partial charge in [0, 0.05) is 17.0 Å². The minimum atomic E-state index is -0.0927. The zero-order valence-electron chi connectivity index (χ0n) is 20.3. The van der Waals surface area contributed by atoms with Crippen LogP contribution >= 0.6 is 0 Å². The molecule has 6 aromatic carbocycles. The van der Waals surface area contributed by atoms with Gasteiger partial charge in [0.15, 0.2) is 0 Å². The van der Waals surface area contributed by atoms with Gasteiger partial charge in [-0.2, -0.15) is 0 Å². The summed E-state index contributed by atoms with van der Waals surface area (Å²) in [4.78, 5) is 0. The quantitative estimate of drug-likeness (QED) is 0.275. The van der Waals surface area contributed by atoms with Gasteiger partial charge < -0.3 is 14.6 Å². The first kappa shape index (κ1) is 21.5. The molecule has 7 rings (SSSR count). The number of hydrogen-bond acceptors (Lipinski definition) is 3. The first-order valence-electron chi connectivity index (χ1n) is 12.4. The van der Waals surface area contributed by atoms with Crippen LogP contribution in [-0.4, -0.2) is 12.2 Å². The molecule has 3 heteroatoms. The highest BCUT2D eigenvalue weighted by atomic mass is 16.5. The molecule has 1 unspecified atom stereocenters. The van der Waals surface area contributed by atoms with Gasteiger partial charge in [-0.3, -0.25) is 0 Å². The Labute approximate surface area is 215 Å². The maximum atomic E-state index is 10.4. The fraction of sp³-hybridized carbons (Fsp3) is 0.0588. The Bertz CT molecular complexity index is 1790. The number of phenols is 1. The average molecular weight is 481 g/mol. The Morgan fingerprint density at radius 1 is 0.622 bits per heavy atom. The first-order valence-corrected chi connectivity index (χ1v) is 12.4. The molecule has 1 atom stereocenters. The maximum Gasteiger partial charge on any atom is 0.132 e. The molecule has 1 N–H and O–H groups in total. The van der Waals surface area contributed by atoms with Crippen LogP contribution in [0.2, 0.25) is 0 Å². The Hall–Kier alpha value is -4.76.